The molecule has 0 saturated carbocycles. The van der Waals surface area contributed by atoms with E-state index in [1.165, 1.54) is 18.9 Å². The molecule has 0 spiro atoms. The minimum absolute atomic E-state index is 0.0324. The van der Waals surface area contributed by atoms with Crippen molar-refractivity contribution < 1.29 is 28.9 Å². The first-order chi connectivity index (χ1) is 24.5. The van der Waals surface area contributed by atoms with Crippen LogP contribution in [-0.4, -0.2) is 62.3 Å². The molecule has 1 saturated heterocycles. The number of tetrazole rings is 1. The van der Waals surface area contributed by atoms with Crippen LogP contribution in [0.4, 0.5) is 4.79 Å². The number of esters is 1. The summed E-state index contributed by atoms with van der Waals surface area (Å²) in [7, 11) is 1.30. The first-order valence-corrected chi connectivity index (χ1v) is 17.2. The third-order valence-corrected chi connectivity index (χ3v) is 9.28. The second kappa shape index (κ2) is 17.0. The molecule has 0 aliphatic carbocycles. The molecule has 1 fully saturated rings. The number of ether oxygens (including phenoxy) is 3. The smallest absolute Gasteiger partial charge is 0.328 e. The van der Waals surface area contributed by atoms with Crippen LogP contribution in [0.5, 0.6) is 0 Å². The number of hydrogen-bond acceptors (Lipinski definition) is 10. The predicted molar refractivity (Wildman–Crippen MR) is 186 cm³/mol. The molecule has 1 aliphatic rings. The summed E-state index contributed by atoms with van der Waals surface area (Å²) in [5.74, 6) is 0.0710. The van der Waals surface area contributed by atoms with Gasteiger partial charge in [-0.15, -0.1) is 5.10 Å². The van der Waals surface area contributed by atoms with E-state index < -0.39 is 24.3 Å². The summed E-state index contributed by atoms with van der Waals surface area (Å²) < 4.78 is 19.6. The number of aromatic nitrogens is 4. The molecule has 4 atom stereocenters. The van der Waals surface area contributed by atoms with Gasteiger partial charge in [0.15, 0.2) is 6.29 Å². The first-order valence-electron chi connectivity index (χ1n) is 16.2. The van der Waals surface area contributed by atoms with Crippen molar-refractivity contribution in [3.05, 3.63) is 137 Å². The number of nitrogens with one attached hydrogen (secondary N) is 2. The fraction of sp³-hybridized carbons (Fsp3) is 0.270. The number of thioether (sulfide) groups is 1. The second-order valence-corrected chi connectivity index (χ2v) is 12.7. The monoisotopic (exact) mass is 694 g/mol. The standard InChI is InChI=1S/C37H38N6O6S/c1-47-34(45)32(20-25-8-4-2-5-9-25)39-36(46)38-22-26-12-18-29(19-13-26)35-48-31(21-33(49-35)28-16-14-27(23-44)15-17-28)24-50-37-40-41-42-43(37)30-10-6-3-7-11-30/h2-19,31-33,35,44H,20-24H2,1H3,(H2,38,39,46). The number of amides is 2. The summed E-state index contributed by atoms with van der Waals surface area (Å²) >= 11 is 1.51. The summed E-state index contributed by atoms with van der Waals surface area (Å²) in [6.45, 7) is 0.211. The van der Waals surface area contributed by atoms with Gasteiger partial charge in [-0.3, -0.25) is 0 Å². The van der Waals surface area contributed by atoms with Crippen LogP contribution in [0.1, 0.15) is 46.6 Å². The molecule has 12 nitrogen and oxygen atoms in total. The molecule has 1 aromatic heterocycles. The van der Waals surface area contributed by atoms with Gasteiger partial charge < -0.3 is 30.0 Å². The van der Waals surface area contributed by atoms with Crippen LogP contribution in [-0.2, 0) is 38.6 Å². The summed E-state index contributed by atoms with van der Waals surface area (Å²) in [6.07, 6.45) is -0.159. The molecule has 13 heteroatoms. The fourth-order valence-corrected chi connectivity index (χ4v) is 6.47. The Labute approximate surface area is 294 Å². The first kappa shape index (κ1) is 34.8. The number of aliphatic hydroxyl groups excluding tert-OH is 1. The van der Waals surface area contributed by atoms with E-state index >= 15 is 0 Å². The van der Waals surface area contributed by atoms with E-state index in [1.54, 1.807) is 4.68 Å². The number of hydrogen-bond donors (Lipinski definition) is 3. The number of methoxy groups -OCH3 is 1. The molecular formula is C37H38N6O6S. The molecule has 2 heterocycles. The molecule has 1 aliphatic heterocycles. The maximum Gasteiger partial charge on any atom is 0.328 e. The molecule has 5 aromatic rings. The summed E-state index contributed by atoms with van der Waals surface area (Å²) in [6, 6.07) is 33.2. The third-order valence-electron chi connectivity index (χ3n) is 8.23. The lowest BCUT2D eigenvalue weighted by molar-refractivity contribution is -0.245. The zero-order valence-electron chi connectivity index (χ0n) is 27.4. The van der Waals surface area contributed by atoms with E-state index in [0.29, 0.717) is 23.8 Å². The highest BCUT2D eigenvalue weighted by Crippen LogP contribution is 2.39. The van der Waals surface area contributed by atoms with Crippen LogP contribution in [0.3, 0.4) is 0 Å². The topological polar surface area (TPSA) is 150 Å². The van der Waals surface area contributed by atoms with E-state index in [1.807, 2.05) is 109 Å². The number of carbonyl (C=O) groups excluding carboxylic acids is 2. The quantitative estimate of drug-likeness (QED) is 0.113. The normalized spacial score (nSPS) is 17.8. The summed E-state index contributed by atoms with van der Waals surface area (Å²) in [4.78, 5) is 25.1. The largest absolute Gasteiger partial charge is 0.467 e. The minimum atomic E-state index is -0.824. The molecule has 3 N–H and O–H groups in total. The van der Waals surface area contributed by atoms with Gasteiger partial charge in [-0.2, -0.15) is 4.68 Å². The lowest BCUT2D eigenvalue weighted by Crippen LogP contribution is -2.47. The van der Waals surface area contributed by atoms with Gasteiger partial charge in [0.05, 0.1) is 31.6 Å². The molecule has 0 bridgehead atoms. The Morgan fingerprint density at radius 3 is 2.28 bits per heavy atom. The van der Waals surface area contributed by atoms with Crippen molar-refractivity contribution in [2.45, 2.75) is 55.7 Å². The lowest BCUT2D eigenvalue weighted by Gasteiger charge is -2.36. The predicted octanol–water partition coefficient (Wildman–Crippen LogP) is 5.08. The van der Waals surface area contributed by atoms with Crippen LogP contribution in [0.25, 0.3) is 5.69 Å². The van der Waals surface area contributed by atoms with E-state index in [4.69, 9.17) is 14.2 Å². The SMILES string of the molecule is COC(=O)C(Cc1ccccc1)NC(=O)NCc1ccc(C2OC(CSc3nnnn3-c3ccccc3)CC(c3ccc(CO)cc3)O2)cc1. The molecule has 4 unspecified atom stereocenters. The Balaban J connectivity index is 1.10. The van der Waals surface area contributed by atoms with Crippen molar-refractivity contribution in [2.75, 3.05) is 12.9 Å². The molecule has 4 aromatic carbocycles. The summed E-state index contributed by atoms with van der Waals surface area (Å²) in [5, 5.41) is 28.0. The maximum atomic E-state index is 12.7. The molecular weight excluding hydrogens is 657 g/mol. The van der Waals surface area contributed by atoms with E-state index in [9.17, 15) is 14.7 Å². The zero-order valence-corrected chi connectivity index (χ0v) is 28.2. The Morgan fingerprint density at radius 2 is 1.58 bits per heavy atom. The third kappa shape index (κ3) is 9.12. The van der Waals surface area contributed by atoms with Crippen molar-refractivity contribution in [1.29, 1.82) is 0 Å². The summed E-state index contributed by atoms with van der Waals surface area (Å²) in [5.41, 5.74) is 5.27. The highest BCUT2D eigenvalue weighted by atomic mass is 32.2. The van der Waals surface area contributed by atoms with E-state index in [0.717, 1.165) is 33.5 Å². The molecule has 258 valence electrons. The minimum Gasteiger partial charge on any atom is -0.467 e. The van der Waals surface area contributed by atoms with Gasteiger partial charge in [-0.1, -0.05) is 109 Å². The number of benzene rings is 4. The Morgan fingerprint density at radius 1 is 0.900 bits per heavy atom. The van der Waals surface area contributed by atoms with Gasteiger partial charge in [0, 0.05) is 30.7 Å². The van der Waals surface area contributed by atoms with Gasteiger partial charge in [-0.25, -0.2) is 9.59 Å². The van der Waals surface area contributed by atoms with Gasteiger partial charge in [0.25, 0.3) is 0 Å². The van der Waals surface area contributed by atoms with E-state index in [2.05, 4.69) is 26.2 Å². The van der Waals surface area contributed by atoms with E-state index in [-0.39, 0.29) is 25.4 Å². The molecule has 6 rings (SSSR count). The van der Waals surface area contributed by atoms with Crippen molar-refractivity contribution >= 4 is 23.8 Å². The van der Waals surface area contributed by atoms with Crippen molar-refractivity contribution in [2.24, 2.45) is 0 Å². The number of aliphatic hydroxyl groups is 1. The Kier molecular flexibility index (Phi) is 11.8. The number of carbonyl (C=O) groups is 2. The number of para-hydroxylation sites is 1. The van der Waals surface area contributed by atoms with Crippen molar-refractivity contribution in [3.63, 3.8) is 0 Å². The van der Waals surface area contributed by atoms with Gasteiger partial charge in [0.1, 0.15) is 6.04 Å². The lowest BCUT2D eigenvalue weighted by atomic mass is 10.0. The number of nitrogens with zero attached hydrogens (tertiary/aromatic N) is 4. The molecule has 2 amide bonds. The van der Waals surface area contributed by atoms with Crippen LogP contribution < -0.4 is 10.6 Å². The number of rotatable bonds is 13. The number of urea groups is 1. The van der Waals surface area contributed by atoms with Crippen molar-refractivity contribution in [3.8, 4) is 5.69 Å². The molecule has 50 heavy (non-hydrogen) atoms. The van der Waals surface area contributed by atoms with Crippen LogP contribution in [0.2, 0.25) is 0 Å². The average molecular weight is 695 g/mol. The fourth-order valence-electron chi connectivity index (χ4n) is 5.56. The van der Waals surface area contributed by atoms with Gasteiger partial charge in [-0.05, 0) is 44.8 Å². The zero-order chi connectivity index (χ0) is 34.7. The highest BCUT2D eigenvalue weighted by Gasteiger charge is 2.33. The van der Waals surface area contributed by atoms with Crippen LogP contribution >= 0.6 is 11.8 Å². The average Bonchev–Trinajstić information content (AvgIpc) is 3.65. The second-order valence-electron chi connectivity index (χ2n) is 11.7. The Bertz CT molecular complexity index is 1830. The maximum absolute atomic E-state index is 12.7. The van der Waals surface area contributed by atoms with Gasteiger partial charge >= 0.3 is 12.0 Å². The van der Waals surface area contributed by atoms with Crippen molar-refractivity contribution in [1.82, 2.24) is 30.8 Å². The highest BCUT2D eigenvalue weighted by molar-refractivity contribution is 7.99. The van der Waals surface area contributed by atoms with Crippen LogP contribution in [0.15, 0.2) is 114 Å². The van der Waals surface area contributed by atoms with Crippen LogP contribution in [0, 0.1) is 0 Å². The Hall–Kier alpha value is -5.08. The molecule has 0 radical (unpaired) electrons. The van der Waals surface area contributed by atoms with Gasteiger partial charge in [0.2, 0.25) is 5.16 Å².